The number of nitrogens with one attached hydrogen (secondary N) is 4. The summed E-state index contributed by atoms with van der Waals surface area (Å²) in [6.45, 7) is 0.559. The Hall–Kier alpha value is -4.38. The summed E-state index contributed by atoms with van der Waals surface area (Å²) in [5.41, 5.74) is -2.59. The number of rotatable bonds is 9. The highest BCUT2D eigenvalue weighted by Crippen LogP contribution is 2.44. The summed E-state index contributed by atoms with van der Waals surface area (Å²) in [7, 11) is 2.30. The first-order chi connectivity index (χ1) is 20.4. The van der Waals surface area contributed by atoms with Crippen LogP contribution < -0.4 is 27.2 Å². The molecular formula is C27H33N5O11. The normalized spacial score (nSPS) is 29.9. The fraction of sp³-hybridized carbons (Fsp3) is 0.481. The van der Waals surface area contributed by atoms with Gasteiger partial charge in [-0.15, -0.1) is 0 Å². The van der Waals surface area contributed by atoms with Crippen LogP contribution in [0, 0.1) is 11.8 Å². The highest BCUT2D eigenvalue weighted by molar-refractivity contribution is 5.97. The number of aromatic nitrogens is 2. The van der Waals surface area contributed by atoms with Crippen molar-refractivity contribution in [3.8, 4) is 0 Å². The first kappa shape index (κ1) is 31.6. The van der Waals surface area contributed by atoms with Crippen LogP contribution in [0.25, 0.3) is 0 Å². The largest absolute Gasteiger partial charge is 0.469 e. The third kappa shape index (κ3) is 6.22. The number of carbonyl (C=O) groups is 4. The minimum atomic E-state index is -1.70. The molecule has 0 radical (unpaired) electrons. The molecule has 16 heteroatoms. The van der Waals surface area contributed by atoms with Crippen LogP contribution in [0.15, 0.2) is 52.2 Å². The molecule has 0 aliphatic carbocycles. The van der Waals surface area contributed by atoms with Crippen molar-refractivity contribution in [2.45, 2.75) is 43.0 Å². The lowest BCUT2D eigenvalue weighted by Gasteiger charge is -2.29. The van der Waals surface area contributed by atoms with Gasteiger partial charge in [-0.1, -0.05) is 30.3 Å². The van der Waals surface area contributed by atoms with E-state index >= 15 is 0 Å². The number of aliphatic hydroxyl groups excluding tert-OH is 2. The summed E-state index contributed by atoms with van der Waals surface area (Å²) < 4.78 is 16.3. The Balaban J connectivity index is 1.42. The molecular weight excluding hydrogens is 570 g/mol. The Kier molecular flexibility index (Phi) is 9.44. The molecule has 4 rings (SSSR count). The molecule has 2 aliphatic rings. The van der Waals surface area contributed by atoms with Crippen molar-refractivity contribution in [3.05, 3.63) is 69.0 Å². The van der Waals surface area contributed by atoms with Crippen molar-refractivity contribution in [2.24, 2.45) is 11.8 Å². The van der Waals surface area contributed by atoms with Gasteiger partial charge >= 0.3 is 17.6 Å². The molecule has 43 heavy (non-hydrogen) atoms. The fourth-order valence-electron chi connectivity index (χ4n) is 5.51. The quantitative estimate of drug-likeness (QED) is 0.158. The van der Waals surface area contributed by atoms with E-state index in [0.717, 1.165) is 23.9 Å². The summed E-state index contributed by atoms with van der Waals surface area (Å²) in [5, 5.41) is 28.8. The van der Waals surface area contributed by atoms with E-state index in [1.165, 1.54) is 14.0 Å². The van der Waals surface area contributed by atoms with Crippen molar-refractivity contribution in [1.29, 1.82) is 0 Å². The minimum absolute atomic E-state index is 0.303. The average Bonchev–Trinajstić information content (AvgIpc) is 3.48. The van der Waals surface area contributed by atoms with Crippen molar-refractivity contribution in [1.82, 2.24) is 25.5 Å². The minimum Gasteiger partial charge on any atom is -0.469 e. The molecule has 2 amide bonds. The molecule has 0 saturated carbocycles. The number of aliphatic hydroxyl groups is 2. The number of esters is 2. The monoisotopic (exact) mass is 603 g/mol. The van der Waals surface area contributed by atoms with Crippen LogP contribution in [0.4, 0.5) is 0 Å². The van der Waals surface area contributed by atoms with E-state index < -0.39 is 89.5 Å². The van der Waals surface area contributed by atoms with Gasteiger partial charge in [0.25, 0.3) is 5.56 Å². The first-order valence-electron chi connectivity index (χ1n) is 13.3. The van der Waals surface area contributed by atoms with E-state index in [1.807, 2.05) is 4.98 Å². The van der Waals surface area contributed by atoms with Gasteiger partial charge in [0.2, 0.25) is 11.8 Å². The molecule has 6 N–H and O–H groups in total. The van der Waals surface area contributed by atoms with Gasteiger partial charge in [0.15, 0.2) is 6.23 Å². The molecule has 2 aliphatic heterocycles. The highest BCUT2D eigenvalue weighted by Gasteiger charge is 2.61. The third-order valence-electron chi connectivity index (χ3n) is 7.73. The Morgan fingerprint density at radius 3 is 2.30 bits per heavy atom. The third-order valence-corrected chi connectivity index (χ3v) is 7.73. The lowest BCUT2D eigenvalue weighted by Crippen LogP contribution is -2.58. The zero-order valence-corrected chi connectivity index (χ0v) is 23.5. The fourth-order valence-corrected chi connectivity index (χ4v) is 5.51. The second-order valence-electron chi connectivity index (χ2n) is 10.3. The lowest BCUT2D eigenvalue weighted by atomic mass is 9.78. The molecule has 2 aromatic rings. The smallest absolute Gasteiger partial charge is 0.330 e. The maximum atomic E-state index is 13.5. The van der Waals surface area contributed by atoms with E-state index in [0.29, 0.717) is 5.56 Å². The van der Waals surface area contributed by atoms with Crippen LogP contribution >= 0.6 is 0 Å². The standard InChI is InChI=1S/C27H33N5O11/c1-27(18(24(38)42-3)17(23(37)41-2)19(31-27)13-7-5-4-6-8-13)25(39)29-12-16(34)28-11-14-20(35)21(36)22(43-14)32-10-9-15(33)30-26(32)40/h4-10,14,17-22,31,35-36H,11-12H2,1-3H3,(H,28,34)(H,29,39)(H,30,33,40)/t14-,17-,18+,19-,20-,21-,22-,27-/m1/s1. The maximum absolute atomic E-state index is 13.5. The zero-order chi connectivity index (χ0) is 31.5. The van der Waals surface area contributed by atoms with E-state index in [1.54, 1.807) is 30.3 Å². The Morgan fingerprint density at radius 1 is 1.00 bits per heavy atom. The topological polar surface area (TPSA) is 227 Å². The molecule has 3 heterocycles. The van der Waals surface area contributed by atoms with Gasteiger partial charge in [0, 0.05) is 24.8 Å². The molecule has 232 valence electrons. The van der Waals surface area contributed by atoms with Crippen molar-refractivity contribution in [3.63, 3.8) is 0 Å². The van der Waals surface area contributed by atoms with Gasteiger partial charge in [-0.25, -0.2) is 4.79 Å². The number of hydrogen-bond donors (Lipinski definition) is 6. The summed E-state index contributed by atoms with van der Waals surface area (Å²) in [4.78, 5) is 77.3. The number of amides is 2. The summed E-state index contributed by atoms with van der Waals surface area (Å²) in [5.74, 6) is -5.47. The molecule has 0 spiro atoms. The van der Waals surface area contributed by atoms with Crippen LogP contribution in [-0.4, -0.2) is 94.7 Å². The van der Waals surface area contributed by atoms with E-state index in [4.69, 9.17) is 14.2 Å². The predicted octanol–water partition coefficient (Wildman–Crippen LogP) is -2.93. The van der Waals surface area contributed by atoms with Gasteiger partial charge in [-0.2, -0.15) is 0 Å². The van der Waals surface area contributed by atoms with Crippen LogP contribution in [0.5, 0.6) is 0 Å². The first-order valence-corrected chi connectivity index (χ1v) is 13.3. The number of H-pyrrole nitrogens is 1. The summed E-state index contributed by atoms with van der Waals surface area (Å²) in [6.07, 6.45) is -4.40. The van der Waals surface area contributed by atoms with Crippen molar-refractivity contribution >= 4 is 23.8 Å². The molecule has 2 fully saturated rings. The Bertz CT molecular complexity index is 1480. The second kappa shape index (κ2) is 12.9. The predicted molar refractivity (Wildman–Crippen MR) is 145 cm³/mol. The molecule has 8 atom stereocenters. The van der Waals surface area contributed by atoms with Gasteiger partial charge in [-0.3, -0.25) is 38.8 Å². The van der Waals surface area contributed by atoms with Crippen molar-refractivity contribution < 1.29 is 43.6 Å². The Labute approximate surface area is 244 Å². The van der Waals surface area contributed by atoms with Crippen molar-refractivity contribution in [2.75, 3.05) is 27.3 Å². The number of benzene rings is 1. The van der Waals surface area contributed by atoms with Gasteiger partial charge < -0.3 is 35.1 Å². The Morgan fingerprint density at radius 2 is 1.67 bits per heavy atom. The van der Waals surface area contributed by atoms with E-state index in [2.05, 4.69) is 16.0 Å². The summed E-state index contributed by atoms with van der Waals surface area (Å²) in [6, 6.07) is 8.96. The van der Waals surface area contributed by atoms with Crippen LogP contribution in [0.3, 0.4) is 0 Å². The number of hydrogen-bond acceptors (Lipinski definition) is 12. The summed E-state index contributed by atoms with van der Waals surface area (Å²) >= 11 is 0. The molecule has 1 aromatic carbocycles. The van der Waals surface area contributed by atoms with Gasteiger partial charge in [0.1, 0.15) is 23.9 Å². The molecule has 0 unspecified atom stereocenters. The number of carbonyl (C=O) groups excluding carboxylic acids is 4. The number of methoxy groups -OCH3 is 2. The average molecular weight is 604 g/mol. The van der Waals surface area contributed by atoms with Crippen LogP contribution in [0.1, 0.15) is 24.8 Å². The van der Waals surface area contributed by atoms with E-state index in [-0.39, 0.29) is 6.54 Å². The molecule has 0 bridgehead atoms. The number of ether oxygens (including phenoxy) is 3. The van der Waals surface area contributed by atoms with Crippen LogP contribution in [0.2, 0.25) is 0 Å². The molecule has 2 saturated heterocycles. The van der Waals surface area contributed by atoms with Crippen LogP contribution in [-0.2, 0) is 33.4 Å². The van der Waals surface area contributed by atoms with E-state index in [9.17, 15) is 39.0 Å². The van der Waals surface area contributed by atoms with Gasteiger partial charge in [-0.05, 0) is 12.5 Å². The SMILES string of the molecule is COC(=O)[C@H]1[C@@H](c2ccccc2)N[C@@](C)(C(=O)NCC(=O)NC[C@H]2O[C@@H](n3ccc(=O)[nH]c3=O)[C@H](O)[C@@H]2O)[C@@H]1C(=O)OC. The number of nitrogens with zero attached hydrogens (tertiary/aromatic N) is 1. The maximum Gasteiger partial charge on any atom is 0.330 e. The lowest BCUT2D eigenvalue weighted by molar-refractivity contribution is -0.159. The molecule has 1 aromatic heterocycles. The highest BCUT2D eigenvalue weighted by atomic mass is 16.6. The zero-order valence-electron chi connectivity index (χ0n) is 23.5. The van der Waals surface area contributed by atoms with Gasteiger partial charge in [0.05, 0.1) is 32.6 Å². The second-order valence-corrected chi connectivity index (χ2v) is 10.3. The molecule has 16 nitrogen and oxygen atoms in total. The number of aromatic amines is 1.